The smallest absolute Gasteiger partial charge is 0.235 e. The summed E-state index contributed by atoms with van der Waals surface area (Å²) in [5, 5.41) is 4.17. The molecule has 0 N–H and O–H groups in total. The summed E-state index contributed by atoms with van der Waals surface area (Å²) in [6.07, 6.45) is 5.64. The molecule has 36 heavy (non-hydrogen) atoms. The minimum Gasteiger partial charge on any atom is -0.294 e. The van der Waals surface area contributed by atoms with Gasteiger partial charge in [0.05, 0.1) is 33.0 Å². The Bertz CT molecular complexity index is 2100. The Morgan fingerprint density at radius 1 is 0.583 bits per heavy atom. The minimum absolute atomic E-state index is 0.616. The van der Waals surface area contributed by atoms with Gasteiger partial charge in [-0.15, -0.1) is 0 Å². The van der Waals surface area contributed by atoms with Crippen molar-refractivity contribution in [3.8, 4) is 11.6 Å². The number of aromatic nitrogens is 6. The Kier molecular flexibility index (Phi) is 3.85. The third-order valence-corrected chi connectivity index (χ3v) is 6.85. The molecule has 0 radical (unpaired) electrons. The number of para-hydroxylation sites is 3. The lowest BCUT2D eigenvalue weighted by atomic mass is 10.1. The lowest BCUT2D eigenvalue weighted by Gasteiger charge is -2.08. The molecule has 8 rings (SSSR count). The van der Waals surface area contributed by atoms with Crippen molar-refractivity contribution < 1.29 is 0 Å². The summed E-state index contributed by atoms with van der Waals surface area (Å²) in [5.41, 5.74) is 6.80. The van der Waals surface area contributed by atoms with Gasteiger partial charge in [-0.1, -0.05) is 54.6 Å². The molecule has 168 valence electrons. The zero-order valence-corrected chi connectivity index (χ0v) is 19.1. The number of benzene rings is 3. The van der Waals surface area contributed by atoms with Crippen LogP contribution in [0.5, 0.6) is 0 Å². The van der Waals surface area contributed by atoms with E-state index in [1.54, 1.807) is 0 Å². The van der Waals surface area contributed by atoms with Gasteiger partial charge in [-0.2, -0.15) is 0 Å². The molecule has 0 fully saturated rings. The van der Waals surface area contributed by atoms with Crippen LogP contribution in [0.1, 0.15) is 0 Å². The van der Waals surface area contributed by atoms with Crippen LogP contribution in [0.2, 0.25) is 0 Å². The van der Waals surface area contributed by atoms with Crippen molar-refractivity contribution in [3.63, 3.8) is 0 Å². The molecule has 0 saturated heterocycles. The number of fused-ring (bicyclic) bond motifs is 8. The second-order valence-electron chi connectivity index (χ2n) is 8.84. The van der Waals surface area contributed by atoms with Crippen LogP contribution in [0.3, 0.4) is 0 Å². The fourth-order valence-corrected chi connectivity index (χ4v) is 5.33. The number of nitrogens with zero attached hydrogens (tertiary/aromatic N) is 6. The fraction of sp³-hybridized carbons (Fsp3) is 0. The van der Waals surface area contributed by atoms with E-state index in [9.17, 15) is 0 Å². The Morgan fingerprint density at radius 3 is 2.33 bits per heavy atom. The number of hydrogen-bond donors (Lipinski definition) is 0. The van der Waals surface area contributed by atoms with E-state index < -0.39 is 0 Å². The van der Waals surface area contributed by atoms with Gasteiger partial charge in [0, 0.05) is 40.4 Å². The van der Waals surface area contributed by atoms with Crippen LogP contribution < -0.4 is 0 Å². The fourth-order valence-electron chi connectivity index (χ4n) is 5.33. The average Bonchev–Trinajstić information content (AvgIpc) is 3.46. The van der Waals surface area contributed by atoms with Gasteiger partial charge in [0.25, 0.3) is 0 Å². The Labute approximate surface area is 205 Å². The first kappa shape index (κ1) is 19.2. The maximum Gasteiger partial charge on any atom is 0.235 e. The summed E-state index contributed by atoms with van der Waals surface area (Å²) in [6.45, 7) is 0. The van der Waals surface area contributed by atoms with Crippen molar-refractivity contribution in [1.29, 1.82) is 0 Å². The van der Waals surface area contributed by atoms with Crippen LogP contribution in [0.15, 0.2) is 110 Å². The first-order chi connectivity index (χ1) is 17.9. The van der Waals surface area contributed by atoms with Gasteiger partial charge in [0.1, 0.15) is 5.65 Å². The van der Waals surface area contributed by atoms with Crippen LogP contribution >= 0.6 is 0 Å². The quantitative estimate of drug-likeness (QED) is 0.290. The van der Waals surface area contributed by atoms with Gasteiger partial charge in [0.2, 0.25) is 5.95 Å². The summed E-state index contributed by atoms with van der Waals surface area (Å²) in [5.74, 6) is 0.616. The topological polar surface area (TPSA) is 61.4 Å². The van der Waals surface area contributed by atoms with E-state index in [4.69, 9.17) is 19.9 Å². The van der Waals surface area contributed by atoms with Crippen LogP contribution in [-0.4, -0.2) is 29.1 Å². The standard InChI is InChI=1S/C30H18N6/c1-2-10-20(11-3-1)35-24-14-7-5-12-21(24)26-28-22(18-32-29(26)35)27-25(15-8-16-31-27)36(28)30-33-17-19-9-4-6-13-23(19)34-30/h1-18H. The predicted molar refractivity (Wildman–Crippen MR) is 144 cm³/mol. The molecule has 0 amide bonds. The summed E-state index contributed by atoms with van der Waals surface area (Å²) in [6, 6.07) is 30.9. The number of rotatable bonds is 2. The van der Waals surface area contributed by atoms with E-state index in [1.807, 2.05) is 55.0 Å². The molecule has 0 spiro atoms. The van der Waals surface area contributed by atoms with Crippen LogP contribution in [0.4, 0.5) is 0 Å². The lowest BCUT2D eigenvalue weighted by molar-refractivity contribution is 1.01. The Hall–Kier alpha value is -5.10. The first-order valence-corrected chi connectivity index (χ1v) is 11.8. The van der Waals surface area contributed by atoms with Crippen molar-refractivity contribution in [1.82, 2.24) is 29.1 Å². The molecular formula is C30H18N6. The van der Waals surface area contributed by atoms with E-state index in [-0.39, 0.29) is 0 Å². The maximum atomic E-state index is 5.00. The first-order valence-electron chi connectivity index (χ1n) is 11.8. The van der Waals surface area contributed by atoms with E-state index >= 15 is 0 Å². The average molecular weight is 463 g/mol. The van der Waals surface area contributed by atoms with E-state index in [0.29, 0.717) is 5.95 Å². The summed E-state index contributed by atoms with van der Waals surface area (Å²) < 4.78 is 4.36. The molecule has 6 heteroatoms. The van der Waals surface area contributed by atoms with Crippen molar-refractivity contribution >= 4 is 54.8 Å². The summed E-state index contributed by atoms with van der Waals surface area (Å²) in [7, 11) is 0. The van der Waals surface area contributed by atoms with Crippen molar-refractivity contribution in [2.75, 3.05) is 0 Å². The highest BCUT2D eigenvalue weighted by Gasteiger charge is 2.23. The monoisotopic (exact) mass is 462 g/mol. The molecule has 8 aromatic rings. The third-order valence-electron chi connectivity index (χ3n) is 6.85. The van der Waals surface area contributed by atoms with Crippen molar-refractivity contribution in [2.45, 2.75) is 0 Å². The number of pyridine rings is 2. The van der Waals surface area contributed by atoms with Crippen LogP contribution in [0, 0.1) is 0 Å². The summed E-state index contributed by atoms with van der Waals surface area (Å²) in [4.78, 5) is 19.5. The highest BCUT2D eigenvalue weighted by atomic mass is 15.2. The van der Waals surface area contributed by atoms with Crippen LogP contribution in [-0.2, 0) is 0 Å². The largest absolute Gasteiger partial charge is 0.294 e. The molecule has 0 bridgehead atoms. The molecule has 6 nitrogen and oxygen atoms in total. The maximum absolute atomic E-state index is 5.00. The predicted octanol–water partition coefficient (Wildman–Crippen LogP) is 6.61. The highest BCUT2D eigenvalue weighted by Crippen LogP contribution is 2.39. The minimum atomic E-state index is 0.616. The number of hydrogen-bond acceptors (Lipinski definition) is 4. The Morgan fingerprint density at radius 2 is 1.39 bits per heavy atom. The van der Waals surface area contributed by atoms with Gasteiger partial charge >= 0.3 is 0 Å². The zero-order valence-electron chi connectivity index (χ0n) is 19.1. The molecule has 5 aromatic heterocycles. The van der Waals surface area contributed by atoms with E-state index in [1.165, 1.54) is 0 Å². The lowest BCUT2D eigenvalue weighted by Crippen LogP contribution is -2.01. The van der Waals surface area contributed by atoms with Gasteiger partial charge in [-0.25, -0.2) is 15.0 Å². The van der Waals surface area contributed by atoms with E-state index in [0.717, 1.165) is 60.5 Å². The zero-order chi connectivity index (χ0) is 23.6. The molecule has 5 heterocycles. The van der Waals surface area contributed by atoms with Gasteiger partial charge in [-0.3, -0.25) is 14.1 Å². The molecule has 0 unspecified atom stereocenters. The van der Waals surface area contributed by atoms with Gasteiger partial charge in [-0.05, 0) is 36.4 Å². The second-order valence-corrected chi connectivity index (χ2v) is 8.84. The molecule has 0 saturated carbocycles. The molecular weight excluding hydrogens is 444 g/mol. The Balaban J connectivity index is 1.61. The van der Waals surface area contributed by atoms with E-state index in [2.05, 4.69) is 63.7 Å². The molecule has 0 aliphatic rings. The van der Waals surface area contributed by atoms with Crippen molar-refractivity contribution in [3.05, 3.63) is 110 Å². The van der Waals surface area contributed by atoms with Gasteiger partial charge in [0.15, 0.2) is 0 Å². The normalized spacial score (nSPS) is 11.9. The van der Waals surface area contributed by atoms with Gasteiger partial charge < -0.3 is 0 Å². The summed E-state index contributed by atoms with van der Waals surface area (Å²) >= 11 is 0. The second kappa shape index (κ2) is 7.20. The molecule has 0 atom stereocenters. The van der Waals surface area contributed by atoms with Crippen LogP contribution in [0.25, 0.3) is 66.4 Å². The molecule has 3 aromatic carbocycles. The molecule has 0 aliphatic carbocycles. The SMILES string of the molecule is c1ccc(-n2c3ccccc3c3c2ncc2c4ncccc4n(-c4ncc5ccccc5n4)c23)cc1. The van der Waals surface area contributed by atoms with Crippen molar-refractivity contribution in [2.24, 2.45) is 0 Å². The molecule has 0 aliphatic heterocycles. The highest BCUT2D eigenvalue weighted by molar-refractivity contribution is 6.24. The third kappa shape index (κ3) is 2.55.